The van der Waals surface area contributed by atoms with Crippen LogP contribution in [0.5, 0.6) is 0 Å². The molecule has 0 radical (unpaired) electrons. The van der Waals surface area contributed by atoms with Crippen LogP contribution in [0.25, 0.3) is 0 Å². The SMILES string of the molecule is CCOC(=O)N(C)C1CC(C)CC(C)(C)C1. The molecule has 1 aliphatic rings. The highest BCUT2D eigenvalue weighted by atomic mass is 16.6. The molecular weight excluding hydrogens is 202 g/mol. The number of ether oxygens (including phenoxy) is 1. The Hall–Kier alpha value is -0.730. The summed E-state index contributed by atoms with van der Waals surface area (Å²) in [5, 5.41) is 0. The molecule has 0 heterocycles. The van der Waals surface area contributed by atoms with Crippen molar-refractivity contribution in [2.24, 2.45) is 11.3 Å². The molecule has 0 saturated heterocycles. The van der Waals surface area contributed by atoms with Gasteiger partial charge in [-0.05, 0) is 37.5 Å². The third-order valence-electron chi connectivity index (χ3n) is 3.47. The predicted octanol–water partition coefficient (Wildman–Crippen LogP) is 3.29. The first-order valence-electron chi connectivity index (χ1n) is 6.25. The first-order chi connectivity index (χ1) is 7.35. The lowest BCUT2D eigenvalue weighted by Crippen LogP contribution is -2.44. The van der Waals surface area contributed by atoms with Gasteiger partial charge in [0.05, 0.1) is 6.61 Å². The van der Waals surface area contributed by atoms with Gasteiger partial charge in [-0.25, -0.2) is 4.79 Å². The Morgan fingerprint density at radius 1 is 1.44 bits per heavy atom. The van der Waals surface area contributed by atoms with E-state index in [0.29, 0.717) is 24.0 Å². The second-order valence-corrected chi connectivity index (χ2v) is 5.88. The van der Waals surface area contributed by atoms with Crippen LogP contribution in [0.2, 0.25) is 0 Å². The predicted molar refractivity (Wildman–Crippen MR) is 65.4 cm³/mol. The summed E-state index contributed by atoms with van der Waals surface area (Å²) in [6.07, 6.45) is 3.24. The van der Waals surface area contributed by atoms with E-state index in [1.165, 1.54) is 6.42 Å². The zero-order chi connectivity index (χ0) is 12.3. The first-order valence-corrected chi connectivity index (χ1v) is 6.25. The van der Waals surface area contributed by atoms with E-state index in [4.69, 9.17) is 4.74 Å². The Morgan fingerprint density at radius 2 is 2.06 bits per heavy atom. The van der Waals surface area contributed by atoms with Gasteiger partial charge >= 0.3 is 6.09 Å². The van der Waals surface area contributed by atoms with Crippen molar-refractivity contribution in [3.05, 3.63) is 0 Å². The van der Waals surface area contributed by atoms with Crippen molar-refractivity contribution in [2.75, 3.05) is 13.7 Å². The molecule has 16 heavy (non-hydrogen) atoms. The van der Waals surface area contributed by atoms with E-state index in [9.17, 15) is 4.79 Å². The molecule has 1 fully saturated rings. The van der Waals surface area contributed by atoms with Crippen LogP contribution < -0.4 is 0 Å². The molecule has 1 amide bonds. The van der Waals surface area contributed by atoms with Gasteiger partial charge in [0, 0.05) is 13.1 Å². The first kappa shape index (κ1) is 13.3. The minimum atomic E-state index is -0.183. The molecule has 1 rings (SSSR count). The standard InChI is InChI=1S/C13H25NO2/c1-6-16-12(15)14(5)11-7-10(2)8-13(3,4)9-11/h10-11H,6-9H2,1-5H3. The summed E-state index contributed by atoms with van der Waals surface area (Å²) in [6.45, 7) is 9.14. The summed E-state index contributed by atoms with van der Waals surface area (Å²) < 4.78 is 5.05. The minimum Gasteiger partial charge on any atom is -0.450 e. The molecule has 0 aliphatic heterocycles. The lowest BCUT2D eigenvalue weighted by atomic mass is 9.70. The van der Waals surface area contributed by atoms with Crippen LogP contribution in [-0.4, -0.2) is 30.7 Å². The van der Waals surface area contributed by atoms with Crippen molar-refractivity contribution >= 4 is 6.09 Å². The third-order valence-corrected chi connectivity index (χ3v) is 3.47. The molecule has 1 saturated carbocycles. The molecule has 3 heteroatoms. The smallest absolute Gasteiger partial charge is 0.409 e. The largest absolute Gasteiger partial charge is 0.450 e. The highest BCUT2D eigenvalue weighted by Crippen LogP contribution is 2.40. The molecule has 2 atom stereocenters. The van der Waals surface area contributed by atoms with Crippen LogP contribution in [0, 0.1) is 11.3 Å². The molecule has 3 nitrogen and oxygen atoms in total. The summed E-state index contributed by atoms with van der Waals surface area (Å²) >= 11 is 0. The van der Waals surface area contributed by atoms with Crippen LogP contribution >= 0.6 is 0 Å². The Morgan fingerprint density at radius 3 is 2.56 bits per heavy atom. The third kappa shape index (κ3) is 3.39. The molecule has 0 spiro atoms. The van der Waals surface area contributed by atoms with Crippen LogP contribution in [-0.2, 0) is 4.74 Å². The molecule has 0 aromatic carbocycles. The van der Waals surface area contributed by atoms with E-state index in [1.807, 2.05) is 14.0 Å². The second-order valence-electron chi connectivity index (χ2n) is 5.88. The van der Waals surface area contributed by atoms with Gasteiger partial charge in [0.15, 0.2) is 0 Å². The zero-order valence-corrected chi connectivity index (χ0v) is 11.2. The maximum atomic E-state index is 11.7. The fourth-order valence-corrected chi connectivity index (χ4v) is 2.97. The number of hydrogen-bond acceptors (Lipinski definition) is 2. The van der Waals surface area contributed by atoms with E-state index >= 15 is 0 Å². The van der Waals surface area contributed by atoms with E-state index in [-0.39, 0.29) is 6.09 Å². The van der Waals surface area contributed by atoms with Crippen LogP contribution in [0.3, 0.4) is 0 Å². The van der Waals surface area contributed by atoms with Crippen molar-refractivity contribution in [1.82, 2.24) is 4.90 Å². The minimum absolute atomic E-state index is 0.183. The number of carbonyl (C=O) groups is 1. The van der Waals surface area contributed by atoms with Gasteiger partial charge < -0.3 is 9.64 Å². The molecule has 0 bridgehead atoms. The normalized spacial score (nSPS) is 28.6. The quantitative estimate of drug-likeness (QED) is 0.724. The van der Waals surface area contributed by atoms with E-state index in [0.717, 1.165) is 12.8 Å². The van der Waals surface area contributed by atoms with Gasteiger partial charge in [-0.1, -0.05) is 20.8 Å². The van der Waals surface area contributed by atoms with Crippen LogP contribution in [0.1, 0.15) is 47.0 Å². The highest BCUT2D eigenvalue weighted by molar-refractivity contribution is 5.67. The topological polar surface area (TPSA) is 29.5 Å². The van der Waals surface area contributed by atoms with Crippen molar-refractivity contribution in [1.29, 1.82) is 0 Å². The fraction of sp³-hybridized carbons (Fsp3) is 0.923. The molecule has 0 N–H and O–H groups in total. The van der Waals surface area contributed by atoms with Gasteiger partial charge in [0.1, 0.15) is 0 Å². The van der Waals surface area contributed by atoms with Gasteiger partial charge in [0.2, 0.25) is 0 Å². The summed E-state index contributed by atoms with van der Waals surface area (Å²) in [7, 11) is 1.86. The van der Waals surface area contributed by atoms with Crippen molar-refractivity contribution in [2.45, 2.75) is 53.0 Å². The maximum Gasteiger partial charge on any atom is 0.409 e. The molecule has 94 valence electrons. The lowest BCUT2D eigenvalue weighted by molar-refractivity contribution is 0.0592. The fourth-order valence-electron chi connectivity index (χ4n) is 2.97. The van der Waals surface area contributed by atoms with E-state index in [2.05, 4.69) is 20.8 Å². The highest BCUT2D eigenvalue weighted by Gasteiger charge is 2.35. The van der Waals surface area contributed by atoms with Gasteiger partial charge in [0.25, 0.3) is 0 Å². The lowest BCUT2D eigenvalue weighted by Gasteiger charge is -2.42. The zero-order valence-electron chi connectivity index (χ0n) is 11.2. The number of amides is 1. The second kappa shape index (κ2) is 5.07. The van der Waals surface area contributed by atoms with Crippen molar-refractivity contribution in [3.63, 3.8) is 0 Å². The molecular formula is C13H25NO2. The maximum absolute atomic E-state index is 11.7. The van der Waals surface area contributed by atoms with Crippen LogP contribution in [0.15, 0.2) is 0 Å². The number of nitrogens with zero attached hydrogens (tertiary/aromatic N) is 1. The summed E-state index contributed by atoms with van der Waals surface area (Å²) in [6, 6.07) is 0.331. The van der Waals surface area contributed by atoms with E-state index in [1.54, 1.807) is 4.90 Å². The summed E-state index contributed by atoms with van der Waals surface area (Å²) in [5.41, 5.74) is 0.336. The Labute approximate surface area is 99.1 Å². The van der Waals surface area contributed by atoms with Crippen LogP contribution in [0.4, 0.5) is 4.79 Å². The van der Waals surface area contributed by atoms with E-state index < -0.39 is 0 Å². The number of hydrogen-bond donors (Lipinski definition) is 0. The van der Waals surface area contributed by atoms with Gasteiger partial charge in [-0.3, -0.25) is 0 Å². The van der Waals surface area contributed by atoms with Crippen molar-refractivity contribution in [3.8, 4) is 0 Å². The van der Waals surface area contributed by atoms with Gasteiger partial charge in [-0.15, -0.1) is 0 Å². The molecule has 0 aromatic rings. The summed E-state index contributed by atoms with van der Waals surface area (Å²) in [4.78, 5) is 13.4. The summed E-state index contributed by atoms with van der Waals surface area (Å²) in [5.74, 6) is 0.686. The number of rotatable bonds is 2. The van der Waals surface area contributed by atoms with Gasteiger partial charge in [-0.2, -0.15) is 0 Å². The average Bonchev–Trinajstić information content (AvgIpc) is 2.13. The monoisotopic (exact) mass is 227 g/mol. The number of carbonyl (C=O) groups excluding carboxylic acids is 1. The van der Waals surface area contributed by atoms with Crippen molar-refractivity contribution < 1.29 is 9.53 Å². The Bertz CT molecular complexity index is 250. The molecule has 1 aliphatic carbocycles. The molecule has 2 unspecified atom stereocenters. The Balaban J connectivity index is 2.62. The Kier molecular flexibility index (Phi) is 4.22. The molecule has 0 aromatic heterocycles. The average molecular weight is 227 g/mol.